The summed E-state index contributed by atoms with van der Waals surface area (Å²) in [5, 5.41) is 6.57. The van der Waals surface area contributed by atoms with Gasteiger partial charge in [0.2, 0.25) is 5.91 Å². The number of nitrogens with one attached hydrogen (secondary N) is 2. The molecule has 1 unspecified atom stereocenters. The molecule has 1 heterocycles. The maximum Gasteiger partial charge on any atom is 0.481 e. The minimum absolute atomic E-state index is 0.0271. The topological polar surface area (TPSA) is 85.9 Å². The smallest absolute Gasteiger partial charge is 0.444 e. The van der Waals surface area contributed by atoms with E-state index in [1.165, 1.54) is 6.42 Å². The molecule has 5 rings (SSSR count). The molecule has 3 saturated carbocycles. The molecule has 2 N–H and O–H groups in total. The molecule has 1 aromatic carbocycles. The Morgan fingerprint density at radius 3 is 2.50 bits per heavy atom. The van der Waals surface area contributed by atoms with Gasteiger partial charge in [-0.3, -0.25) is 4.79 Å². The molecule has 9 heteroatoms. The van der Waals surface area contributed by atoms with Gasteiger partial charge < -0.3 is 24.7 Å². The number of ether oxygens (including phenoxy) is 1. The Hall–Kier alpha value is -1.77. The fraction of sp³-hybridized carbons (Fsp3) is 0.724. The Morgan fingerprint density at radius 1 is 1.18 bits per heavy atom. The molecule has 2 amide bonds. The van der Waals surface area contributed by atoms with E-state index in [0.29, 0.717) is 22.8 Å². The summed E-state index contributed by atoms with van der Waals surface area (Å²) in [6.45, 7) is 16.5. The summed E-state index contributed by atoms with van der Waals surface area (Å²) in [6.07, 6.45) is 2.38. The highest BCUT2D eigenvalue weighted by Gasteiger charge is 2.68. The van der Waals surface area contributed by atoms with E-state index in [2.05, 4.69) is 45.3 Å². The van der Waals surface area contributed by atoms with Crippen molar-refractivity contribution in [2.24, 2.45) is 23.2 Å². The first kappa shape index (κ1) is 29.2. The van der Waals surface area contributed by atoms with Crippen molar-refractivity contribution >= 4 is 30.7 Å². The summed E-state index contributed by atoms with van der Waals surface area (Å²) < 4.78 is 18.6. The normalized spacial score (nSPS) is 29.2. The Labute approximate surface area is 233 Å². The van der Waals surface area contributed by atoms with Gasteiger partial charge in [0.1, 0.15) is 5.60 Å². The van der Waals surface area contributed by atoms with E-state index < -0.39 is 24.9 Å². The highest BCUT2D eigenvalue weighted by Crippen LogP contribution is 2.65. The van der Waals surface area contributed by atoms with Gasteiger partial charge in [0, 0.05) is 5.02 Å². The number of rotatable bonds is 8. The second-order valence-corrected chi connectivity index (χ2v) is 14.0. The van der Waals surface area contributed by atoms with Crippen molar-refractivity contribution < 1.29 is 23.6 Å². The molecular weight excluding hydrogens is 503 g/mol. The van der Waals surface area contributed by atoms with E-state index in [9.17, 15) is 9.59 Å². The summed E-state index contributed by atoms with van der Waals surface area (Å²) in [4.78, 5) is 26.1. The van der Waals surface area contributed by atoms with Crippen LogP contribution in [0.3, 0.4) is 0 Å². The van der Waals surface area contributed by atoms with Crippen molar-refractivity contribution in [1.29, 1.82) is 0 Å². The van der Waals surface area contributed by atoms with Gasteiger partial charge in [-0.15, -0.1) is 0 Å². The van der Waals surface area contributed by atoms with E-state index in [0.717, 1.165) is 18.4 Å². The largest absolute Gasteiger partial charge is 0.481 e. The van der Waals surface area contributed by atoms with Crippen molar-refractivity contribution in [3.63, 3.8) is 0 Å². The zero-order valence-electron chi connectivity index (χ0n) is 24.1. The maximum atomic E-state index is 13.4. The Bertz CT molecular complexity index is 1040. The molecule has 0 aromatic heterocycles. The van der Waals surface area contributed by atoms with Crippen molar-refractivity contribution in [2.75, 3.05) is 0 Å². The van der Waals surface area contributed by atoms with Gasteiger partial charge in [-0.25, -0.2) is 4.79 Å². The van der Waals surface area contributed by atoms with E-state index in [1.807, 2.05) is 6.07 Å². The van der Waals surface area contributed by atoms with Gasteiger partial charge in [-0.2, -0.15) is 0 Å². The highest BCUT2D eigenvalue weighted by molar-refractivity contribution is 6.47. The SMILES string of the molecule is CC(C)C[C@H](NC(=O)CC(NC(=O)OC(C)(C)C)c1cccc(Cl)c1)B1O[C@@H]2C[C@@H]3C[C@@H](C3(C)C)[C@]2(C)O1. The first-order valence-corrected chi connectivity index (χ1v) is 14.3. The van der Waals surface area contributed by atoms with Gasteiger partial charge in [0.15, 0.2) is 0 Å². The number of hydrogen-bond donors (Lipinski definition) is 2. The first-order chi connectivity index (χ1) is 17.6. The number of carbonyl (C=O) groups is 2. The Morgan fingerprint density at radius 2 is 1.89 bits per heavy atom. The Balaban J connectivity index is 1.47. The van der Waals surface area contributed by atoms with Crippen LogP contribution in [0.5, 0.6) is 0 Å². The average Bonchev–Trinajstić information content (AvgIpc) is 3.13. The zero-order valence-corrected chi connectivity index (χ0v) is 24.9. The Kier molecular flexibility index (Phi) is 8.20. The third kappa shape index (κ3) is 6.18. The van der Waals surface area contributed by atoms with E-state index in [1.54, 1.807) is 39.0 Å². The summed E-state index contributed by atoms with van der Waals surface area (Å²) >= 11 is 6.23. The van der Waals surface area contributed by atoms with Crippen molar-refractivity contribution in [3.8, 4) is 0 Å². The van der Waals surface area contributed by atoms with Crippen LogP contribution in [0.2, 0.25) is 5.02 Å². The summed E-state index contributed by atoms with van der Waals surface area (Å²) in [5.41, 5.74) is -0.0255. The molecule has 1 saturated heterocycles. The molecule has 0 spiro atoms. The van der Waals surface area contributed by atoms with Crippen molar-refractivity contribution in [2.45, 2.75) is 110 Å². The van der Waals surface area contributed by atoms with Gasteiger partial charge in [0.05, 0.1) is 30.1 Å². The first-order valence-electron chi connectivity index (χ1n) is 14.0. The third-order valence-corrected chi connectivity index (χ3v) is 8.94. The lowest BCUT2D eigenvalue weighted by atomic mass is 9.43. The molecule has 0 radical (unpaired) electrons. The highest BCUT2D eigenvalue weighted by atomic mass is 35.5. The molecule has 1 aliphatic heterocycles. The fourth-order valence-electron chi connectivity index (χ4n) is 6.69. The molecule has 7 nitrogen and oxygen atoms in total. The van der Waals surface area contributed by atoms with Crippen molar-refractivity contribution in [3.05, 3.63) is 34.9 Å². The van der Waals surface area contributed by atoms with E-state index in [4.69, 9.17) is 25.6 Å². The van der Waals surface area contributed by atoms with Gasteiger partial charge in [-0.05, 0) is 87.8 Å². The number of carbonyl (C=O) groups excluding carboxylic acids is 2. The molecule has 6 atom stereocenters. The standard InChI is InChI=1S/C29H44BClN2O5/c1-17(2)12-24(30-37-23-15-19-14-22(28(19,6)7)29(23,8)38-30)33-25(34)16-21(18-10-9-11-20(31)13-18)32-26(35)36-27(3,4)5/h9-11,13,17,19,21-24H,12,14-16H2,1-8H3,(H,32,35)(H,33,34)/t19-,21?,22-,23+,24-,29-/m0/s1. The zero-order chi connectivity index (χ0) is 28.0. The number of hydrogen-bond acceptors (Lipinski definition) is 5. The lowest BCUT2D eigenvalue weighted by Gasteiger charge is -2.64. The summed E-state index contributed by atoms with van der Waals surface area (Å²) in [6, 6.07) is 6.55. The van der Waals surface area contributed by atoms with Crippen molar-refractivity contribution in [1.82, 2.24) is 10.6 Å². The second kappa shape index (κ2) is 10.7. The third-order valence-electron chi connectivity index (χ3n) is 8.70. The van der Waals surface area contributed by atoms with Crippen LogP contribution in [0.4, 0.5) is 4.79 Å². The van der Waals surface area contributed by atoms with Crippen LogP contribution in [0.1, 0.15) is 92.7 Å². The number of halogens is 1. The average molecular weight is 547 g/mol. The van der Waals surface area contributed by atoms with E-state index >= 15 is 0 Å². The number of benzene rings is 1. The molecule has 1 aromatic rings. The monoisotopic (exact) mass is 546 g/mol. The fourth-order valence-corrected chi connectivity index (χ4v) is 6.89. The van der Waals surface area contributed by atoms with Crippen LogP contribution in [0.15, 0.2) is 24.3 Å². The summed E-state index contributed by atoms with van der Waals surface area (Å²) in [5.74, 6) is 0.935. The molecule has 4 aliphatic rings. The van der Waals surface area contributed by atoms with Gasteiger partial charge in [0.25, 0.3) is 0 Å². The molecule has 3 aliphatic carbocycles. The lowest BCUT2D eigenvalue weighted by molar-refractivity contribution is -0.199. The quantitative estimate of drug-likeness (QED) is 0.385. The van der Waals surface area contributed by atoms with Crippen LogP contribution in [0.25, 0.3) is 0 Å². The van der Waals surface area contributed by atoms with Crippen LogP contribution in [-0.2, 0) is 18.8 Å². The van der Waals surface area contributed by atoms with E-state index in [-0.39, 0.29) is 35.4 Å². The molecule has 38 heavy (non-hydrogen) atoms. The van der Waals surface area contributed by atoms with Crippen LogP contribution >= 0.6 is 11.6 Å². The van der Waals surface area contributed by atoms with Gasteiger partial charge in [-0.1, -0.05) is 51.4 Å². The van der Waals surface area contributed by atoms with Crippen LogP contribution in [-0.4, -0.2) is 42.4 Å². The second-order valence-electron chi connectivity index (χ2n) is 13.6. The molecule has 2 bridgehead atoms. The predicted molar refractivity (Wildman–Crippen MR) is 150 cm³/mol. The van der Waals surface area contributed by atoms with Crippen LogP contribution < -0.4 is 10.6 Å². The minimum atomic E-state index is -0.660. The van der Waals surface area contributed by atoms with Gasteiger partial charge >= 0.3 is 13.2 Å². The summed E-state index contributed by atoms with van der Waals surface area (Å²) in [7, 11) is -0.505. The number of amides is 2. The maximum absolute atomic E-state index is 13.4. The lowest BCUT2D eigenvalue weighted by Crippen LogP contribution is -2.65. The van der Waals surface area contributed by atoms with Crippen LogP contribution in [0, 0.1) is 23.2 Å². The number of alkyl carbamates (subject to hydrolysis) is 1. The molecular formula is C29H44BClN2O5. The predicted octanol–water partition coefficient (Wildman–Crippen LogP) is 6.09. The molecule has 4 fully saturated rings. The minimum Gasteiger partial charge on any atom is -0.444 e. The molecule has 210 valence electrons.